The van der Waals surface area contributed by atoms with Crippen molar-refractivity contribution in [3.63, 3.8) is 0 Å². The number of esters is 1. The lowest BCUT2D eigenvalue weighted by molar-refractivity contribution is 0.0602. The van der Waals surface area contributed by atoms with E-state index in [1.54, 1.807) is 18.3 Å². The Hall–Kier alpha value is -2.17. The van der Waals surface area contributed by atoms with Crippen molar-refractivity contribution < 1.29 is 9.53 Å². The minimum atomic E-state index is -0.427. The number of hydrogen-bond acceptors (Lipinski definition) is 4. The van der Waals surface area contributed by atoms with Gasteiger partial charge in [0.25, 0.3) is 0 Å². The zero-order chi connectivity index (χ0) is 10.8. The van der Waals surface area contributed by atoms with Gasteiger partial charge < -0.3 is 4.74 Å². The molecule has 0 amide bonds. The Morgan fingerprint density at radius 3 is 3.13 bits per heavy atom. The van der Waals surface area contributed by atoms with Gasteiger partial charge in [-0.1, -0.05) is 6.58 Å². The number of carbonyl (C=O) groups is 1. The van der Waals surface area contributed by atoms with Gasteiger partial charge in [0.2, 0.25) is 0 Å². The number of pyridine rings is 1. The Balaban J connectivity index is 2.69. The Labute approximate surface area is 86.0 Å². The molecule has 0 atom stereocenters. The minimum absolute atomic E-state index is 0.389. The fourth-order valence-electron chi connectivity index (χ4n) is 1.28. The molecule has 5 nitrogen and oxygen atoms in total. The largest absolute Gasteiger partial charge is 0.465 e. The summed E-state index contributed by atoms with van der Waals surface area (Å²) in [6.45, 7) is 3.57. The van der Waals surface area contributed by atoms with E-state index in [0.29, 0.717) is 17.0 Å². The first-order chi connectivity index (χ1) is 7.26. The zero-order valence-electron chi connectivity index (χ0n) is 8.17. The highest BCUT2D eigenvalue weighted by molar-refractivity contribution is 5.95. The van der Waals surface area contributed by atoms with Crippen LogP contribution >= 0.6 is 0 Å². The quantitative estimate of drug-likeness (QED) is 0.687. The number of carbonyl (C=O) groups excluding carboxylic acids is 1. The van der Waals surface area contributed by atoms with Crippen LogP contribution in [0.5, 0.6) is 0 Å². The average Bonchev–Trinajstić information content (AvgIpc) is 2.70. The molecule has 0 radical (unpaired) electrons. The van der Waals surface area contributed by atoms with Crippen LogP contribution in [0.15, 0.2) is 24.9 Å². The van der Waals surface area contributed by atoms with Gasteiger partial charge in [-0.05, 0) is 18.2 Å². The Morgan fingerprint density at radius 2 is 2.47 bits per heavy atom. The normalized spacial score (nSPS) is 10.2. The molecule has 76 valence electrons. The van der Waals surface area contributed by atoms with Crippen LogP contribution in [0.4, 0.5) is 0 Å². The highest BCUT2D eigenvalue weighted by atomic mass is 16.5. The first kappa shape index (κ1) is 9.39. The molecule has 0 aliphatic carbocycles. The lowest BCUT2D eigenvalue weighted by atomic mass is 10.3. The number of fused-ring (bicyclic) bond motifs is 1. The van der Waals surface area contributed by atoms with E-state index >= 15 is 0 Å². The van der Waals surface area contributed by atoms with Crippen molar-refractivity contribution in [2.75, 3.05) is 7.11 Å². The summed E-state index contributed by atoms with van der Waals surface area (Å²) in [5.74, 6) is 0.0509. The standard InChI is InChI=1S/C10H9N3O2/c1-3-8-11-9-7(10(14)15-2)5-4-6-13(9)12-8/h3-6H,1H2,2H3. The van der Waals surface area contributed by atoms with E-state index in [0.717, 1.165) is 0 Å². The summed E-state index contributed by atoms with van der Waals surface area (Å²) in [4.78, 5) is 15.5. The third-order valence-electron chi connectivity index (χ3n) is 1.97. The van der Waals surface area contributed by atoms with Crippen molar-refractivity contribution in [1.29, 1.82) is 0 Å². The summed E-state index contributed by atoms with van der Waals surface area (Å²) in [5.41, 5.74) is 0.861. The molecular formula is C10H9N3O2. The van der Waals surface area contributed by atoms with Crippen LogP contribution in [0, 0.1) is 0 Å². The number of hydrogen-bond donors (Lipinski definition) is 0. The van der Waals surface area contributed by atoms with Crippen LogP contribution < -0.4 is 0 Å². The van der Waals surface area contributed by atoms with E-state index < -0.39 is 5.97 Å². The molecule has 2 aromatic rings. The van der Waals surface area contributed by atoms with Crippen molar-refractivity contribution in [3.8, 4) is 0 Å². The molecule has 15 heavy (non-hydrogen) atoms. The molecule has 2 heterocycles. The van der Waals surface area contributed by atoms with E-state index in [9.17, 15) is 4.79 Å². The Morgan fingerprint density at radius 1 is 1.67 bits per heavy atom. The van der Waals surface area contributed by atoms with Crippen LogP contribution in [0.3, 0.4) is 0 Å². The average molecular weight is 203 g/mol. The Bertz CT molecular complexity index is 530. The molecule has 2 rings (SSSR count). The van der Waals surface area contributed by atoms with Crippen LogP contribution in [0.1, 0.15) is 16.2 Å². The van der Waals surface area contributed by atoms with Crippen LogP contribution in [-0.4, -0.2) is 27.7 Å². The van der Waals surface area contributed by atoms with E-state index in [-0.39, 0.29) is 0 Å². The molecule has 0 fully saturated rings. The summed E-state index contributed by atoms with van der Waals surface area (Å²) in [6, 6.07) is 3.35. The molecule has 0 aromatic carbocycles. The molecule has 2 aromatic heterocycles. The maximum atomic E-state index is 11.4. The van der Waals surface area contributed by atoms with Crippen molar-refractivity contribution in [1.82, 2.24) is 14.6 Å². The molecule has 0 bridgehead atoms. The third-order valence-corrected chi connectivity index (χ3v) is 1.97. The van der Waals surface area contributed by atoms with E-state index in [1.165, 1.54) is 17.7 Å². The molecule has 0 saturated carbocycles. The second kappa shape index (κ2) is 3.53. The number of aromatic nitrogens is 3. The van der Waals surface area contributed by atoms with E-state index in [4.69, 9.17) is 0 Å². The lowest BCUT2D eigenvalue weighted by Crippen LogP contribution is -2.04. The second-order valence-electron chi connectivity index (χ2n) is 2.86. The Kier molecular flexibility index (Phi) is 2.21. The topological polar surface area (TPSA) is 56.5 Å². The zero-order valence-corrected chi connectivity index (χ0v) is 8.17. The summed E-state index contributed by atoms with van der Waals surface area (Å²) < 4.78 is 6.16. The maximum Gasteiger partial charge on any atom is 0.341 e. The van der Waals surface area contributed by atoms with E-state index in [1.807, 2.05) is 0 Å². The van der Waals surface area contributed by atoms with Gasteiger partial charge in [-0.15, -0.1) is 5.10 Å². The summed E-state index contributed by atoms with van der Waals surface area (Å²) >= 11 is 0. The molecule has 0 saturated heterocycles. The van der Waals surface area contributed by atoms with Crippen LogP contribution in [0.25, 0.3) is 11.7 Å². The molecule has 0 unspecified atom stereocenters. The summed E-state index contributed by atoms with van der Waals surface area (Å²) in [5, 5.41) is 4.09. The van der Waals surface area contributed by atoms with Gasteiger partial charge in [-0.25, -0.2) is 14.3 Å². The van der Waals surface area contributed by atoms with E-state index in [2.05, 4.69) is 21.4 Å². The fraction of sp³-hybridized carbons (Fsp3) is 0.100. The van der Waals surface area contributed by atoms with Crippen molar-refractivity contribution in [2.24, 2.45) is 0 Å². The lowest BCUT2D eigenvalue weighted by Gasteiger charge is -1.98. The second-order valence-corrected chi connectivity index (χ2v) is 2.86. The monoisotopic (exact) mass is 203 g/mol. The molecule has 0 aliphatic rings. The highest BCUT2D eigenvalue weighted by Crippen LogP contribution is 2.10. The first-order valence-corrected chi connectivity index (χ1v) is 4.32. The van der Waals surface area contributed by atoms with Gasteiger partial charge in [0, 0.05) is 6.20 Å². The van der Waals surface area contributed by atoms with Gasteiger partial charge in [-0.3, -0.25) is 0 Å². The highest BCUT2D eigenvalue weighted by Gasteiger charge is 2.12. The van der Waals surface area contributed by atoms with Gasteiger partial charge in [0.1, 0.15) is 5.56 Å². The third kappa shape index (κ3) is 1.48. The molecule has 5 heteroatoms. The summed E-state index contributed by atoms with van der Waals surface area (Å²) in [7, 11) is 1.33. The number of methoxy groups -OCH3 is 1. The van der Waals surface area contributed by atoms with Crippen molar-refractivity contribution in [3.05, 3.63) is 36.3 Å². The fourth-order valence-corrected chi connectivity index (χ4v) is 1.28. The predicted octanol–water partition coefficient (Wildman–Crippen LogP) is 1.16. The van der Waals surface area contributed by atoms with Crippen molar-refractivity contribution in [2.45, 2.75) is 0 Å². The first-order valence-electron chi connectivity index (χ1n) is 4.32. The van der Waals surface area contributed by atoms with Crippen LogP contribution in [0.2, 0.25) is 0 Å². The molecule has 0 N–H and O–H groups in total. The van der Waals surface area contributed by atoms with Crippen molar-refractivity contribution >= 4 is 17.7 Å². The summed E-state index contributed by atoms with van der Waals surface area (Å²) in [6.07, 6.45) is 3.23. The van der Waals surface area contributed by atoms with Gasteiger partial charge in [0.15, 0.2) is 11.5 Å². The van der Waals surface area contributed by atoms with Gasteiger partial charge >= 0.3 is 5.97 Å². The van der Waals surface area contributed by atoms with Crippen LogP contribution in [-0.2, 0) is 4.74 Å². The number of nitrogens with zero attached hydrogens (tertiary/aromatic N) is 3. The predicted molar refractivity (Wildman–Crippen MR) is 54.4 cm³/mol. The maximum absolute atomic E-state index is 11.4. The molecule has 0 spiro atoms. The minimum Gasteiger partial charge on any atom is -0.465 e. The smallest absolute Gasteiger partial charge is 0.341 e. The number of rotatable bonds is 2. The molecular weight excluding hydrogens is 194 g/mol. The van der Waals surface area contributed by atoms with Gasteiger partial charge in [-0.2, -0.15) is 0 Å². The molecule has 0 aliphatic heterocycles. The number of ether oxygens (including phenoxy) is 1. The van der Waals surface area contributed by atoms with Gasteiger partial charge in [0.05, 0.1) is 7.11 Å². The SMILES string of the molecule is C=Cc1nc2c(C(=O)OC)cccn2n1.